The van der Waals surface area contributed by atoms with Crippen molar-refractivity contribution in [1.82, 2.24) is 14.3 Å². The van der Waals surface area contributed by atoms with Gasteiger partial charge in [-0.15, -0.1) is 11.3 Å². The lowest BCUT2D eigenvalue weighted by Crippen LogP contribution is -2.47. The normalized spacial score (nSPS) is 22.1. The molecule has 3 aromatic rings. The minimum absolute atomic E-state index is 0.209. The molecule has 0 saturated carbocycles. The van der Waals surface area contributed by atoms with Crippen LogP contribution in [0.5, 0.6) is 0 Å². The molecule has 150 valence electrons. The molecule has 3 heterocycles. The zero-order valence-corrected chi connectivity index (χ0v) is 18.0. The van der Waals surface area contributed by atoms with Crippen molar-refractivity contribution >= 4 is 21.4 Å². The number of rotatable bonds is 3. The molecule has 0 radical (unpaired) electrons. The van der Waals surface area contributed by atoms with E-state index in [0.29, 0.717) is 17.3 Å². The Morgan fingerprint density at radius 3 is 2.69 bits per heavy atom. The summed E-state index contributed by atoms with van der Waals surface area (Å²) < 4.78 is 28.6. The molecule has 5 rings (SSSR count). The van der Waals surface area contributed by atoms with Crippen molar-refractivity contribution in [3.8, 4) is 11.4 Å². The van der Waals surface area contributed by atoms with E-state index in [1.54, 1.807) is 10.4 Å². The maximum Gasteiger partial charge on any atom is 0.252 e. The number of piperidine rings is 1. The van der Waals surface area contributed by atoms with E-state index in [1.807, 2.05) is 49.5 Å². The van der Waals surface area contributed by atoms with Gasteiger partial charge in [0.15, 0.2) is 5.82 Å². The monoisotopic (exact) mass is 425 g/mol. The summed E-state index contributed by atoms with van der Waals surface area (Å²) in [5, 5.41) is 0. The predicted octanol–water partition coefficient (Wildman–Crippen LogP) is 4.18. The highest BCUT2D eigenvalue weighted by Gasteiger charge is 2.46. The summed E-state index contributed by atoms with van der Waals surface area (Å²) in [6.07, 6.45) is 5.62. The second-order valence-electron chi connectivity index (χ2n) is 8.02. The quantitative estimate of drug-likeness (QED) is 0.631. The van der Waals surface area contributed by atoms with Crippen LogP contribution in [-0.4, -0.2) is 35.8 Å². The standard InChI is InChI=1S/C22H23N3O2S2/c1-16-8-9-19(28-16)29(26,27)25-13-5-11-22(15-25)12-10-18-14-23-21(24-20(18)22)17-6-3-2-4-7-17/h2-4,6-9,14H,5,10-13,15H2,1H3. The molecule has 0 N–H and O–H groups in total. The average molecular weight is 426 g/mol. The fourth-order valence-corrected chi connectivity index (χ4v) is 7.64. The first-order valence-corrected chi connectivity index (χ1v) is 12.2. The van der Waals surface area contributed by atoms with E-state index >= 15 is 0 Å². The second kappa shape index (κ2) is 7.00. The number of thiophene rings is 1. The summed E-state index contributed by atoms with van der Waals surface area (Å²) in [5.41, 5.74) is 3.00. The molecule has 2 aliphatic rings. The summed E-state index contributed by atoms with van der Waals surface area (Å²) in [6.45, 7) is 3.02. The van der Waals surface area contributed by atoms with Gasteiger partial charge in [0, 0.05) is 35.1 Å². The molecule has 1 aromatic carbocycles. The minimum atomic E-state index is -3.46. The van der Waals surface area contributed by atoms with Gasteiger partial charge in [-0.05, 0) is 50.3 Å². The first-order chi connectivity index (χ1) is 14.0. The van der Waals surface area contributed by atoms with Crippen LogP contribution < -0.4 is 0 Å². The van der Waals surface area contributed by atoms with Crippen LogP contribution >= 0.6 is 11.3 Å². The van der Waals surface area contributed by atoms with Gasteiger partial charge in [0.1, 0.15) is 4.21 Å². The Morgan fingerprint density at radius 2 is 1.93 bits per heavy atom. The van der Waals surface area contributed by atoms with Crippen molar-refractivity contribution in [2.75, 3.05) is 13.1 Å². The van der Waals surface area contributed by atoms with E-state index in [0.717, 1.165) is 53.2 Å². The van der Waals surface area contributed by atoms with E-state index in [9.17, 15) is 8.42 Å². The van der Waals surface area contributed by atoms with Gasteiger partial charge in [-0.3, -0.25) is 0 Å². The summed E-state index contributed by atoms with van der Waals surface area (Å²) in [7, 11) is -3.46. The van der Waals surface area contributed by atoms with Crippen molar-refractivity contribution < 1.29 is 8.42 Å². The van der Waals surface area contributed by atoms with Gasteiger partial charge in [-0.2, -0.15) is 4.31 Å². The average Bonchev–Trinajstić information content (AvgIpc) is 3.33. The third-order valence-electron chi connectivity index (χ3n) is 6.12. The SMILES string of the molecule is Cc1ccc(S(=O)(=O)N2CCCC3(CCc4cnc(-c5ccccc5)nc43)C2)s1. The zero-order valence-electron chi connectivity index (χ0n) is 16.3. The van der Waals surface area contributed by atoms with E-state index in [-0.39, 0.29) is 5.41 Å². The molecule has 1 aliphatic carbocycles. The van der Waals surface area contributed by atoms with Gasteiger partial charge in [0.2, 0.25) is 0 Å². The van der Waals surface area contributed by atoms with Crippen molar-refractivity contribution in [3.63, 3.8) is 0 Å². The van der Waals surface area contributed by atoms with Crippen molar-refractivity contribution in [2.24, 2.45) is 0 Å². The van der Waals surface area contributed by atoms with Crippen LogP contribution in [0, 0.1) is 6.92 Å². The molecule has 0 bridgehead atoms. The summed E-state index contributed by atoms with van der Waals surface area (Å²) in [4.78, 5) is 10.6. The Bertz CT molecular complexity index is 1150. The maximum atomic E-state index is 13.2. The Labute approximate surface area is 175 Å². The Balaban J connectivity index is 1.51. The Hall–Kier alpha value is -2.09. The van der Waals surface area contributed by atoms with Crippen LogP contribution in [0.25, 0.3) is 11.4 Å². The van der Waals surface area contributed by atoms with Gasteiger partial charge in [0.05, 0.1) is 5.69 Å². The molecule has 1 unspecified atom stereocenters. The van der Waals surface area contributed by atoms with Crippen LogP contribution in [0.4, 0.5) is 0 Å². The fourth-order valence-electron chi connectivity index (χ4n) is 4.64. The van der Waals surface area contributed by atoms with Crippen molar-refractivity contribution in [3.05, 3.63) is 64.8 Å². The number of fused-ring (bicyclic) bond motifs is 2. The number of hydrogen-bond donors (Lipinski definition) is 0. The summed E-state index contributed by atoms with van der Waals surface area (Å²) in [6, 6.07) is 13.6. The van der Waals surface area contributed by atoms with Crippen LogP contribution in [-0.2, 0) is 21.9 Å². The molecule has 1 fully saturated rings. The highest BCUT2D eigenvalue weighted by atomic mass is 32.2. The number of nitrogens with zero attached hydrogens (tertiary/aromatic N) is 3. The molecule has 29 heavy (non-hydrogen) atoms. The first-order valence-electron chi connectivity index (χ1n) is 9.96. The Morgan fingerprint density at radius 1 is 1.10 bits per heavy atom. The fraction of sp³-hybridized carbons (Fsp3) is 0.364. The number of aryl methyl sites for hydroxylation is 2. The number of sulfonamides is 1. The van der Waals surface area contributed by atoms with E-state index in [2.05, 4.69) is 4.98 Å². The third kappa shape index (κ3) is 3.21. The van der Waals surface area contributed by atoms with Crippen LogP contribution in [0.15, 0.2) is 52.9 Å². The number of hydrogen-bond acceptors (Lipinski definition) is 5. The van der Waals surface area contributed by atoms with Gasteiger partial charge in [0.25, 0.3) is 10.0 Å². The minimum Gasteiger partial charge on any atom is -0.236 e. The van der Waals surface area contributed by atoms with Gasteiger partial charge in [-0.1, -0.05) is 30.3 Å². The largest absolute Gasteiger partial charge is 0.252 e. The first kappa shape index (κ1) is 18.9. The lowest BCUT2D eigenvalue weighted by Gasteiger charge is -2.39. The van der Waals surface area contributed by atoms with Gasteiger partial charge in [-0.25, -0.2) is 18.4 Å². The number of benzene rings is 1. The molecule has 0 amide bonds. The van der Waals surface area contributed by atoms with E-state index in [1.165, 1.54) is 11.3 Å². The number of aromatic nitrogens is 2. The molecule has 2 aromatic heterocycles. The highest BCUT2D eigenvalue weighted by molar-refractivity contribution is 7.91. The zero-order chi connectivity index (χ0) is 20.1. The molecule has 1 saturated heterocycles. The molecular formula is C22H23N3O2S2. The summed E-state index contributed by atoms with van der Waals surface area (Å²) >= 11 is 1.35. The molecule has 7 heteroatoms. The molecule has 1 aliphatic heterocycles. The van der Waals surface area contributed by atoms with Gasteiger partial charge < -0.3 is 0 Å². The van der Waals surface area contributed by atoms with Crippen LogP contribution in [0.2, 0.25) is 0 Å². The smallest absolute Gasteiger partial charge is 0.236 e. The summed E-state index contributed by atoms with van der Waals surface area (Å²) in [5.74, 6) is 0.722. The molecule has 1 spiro atoms. The lowest BCUT2D eigenvalue weighted by molar-refractivity contribution is 0.220. The van der Waals surface area contributed by atoms with Gasteiger partial charge >= 0.3 is 0 Å². The Kier molecular flexibility index (Phi) is 4.57. The maximum absolute atomic E-state index is 13.2. The highest BCUT2D eigenvalue weighted by Crippen LogP contribution is 2.45. The van der Waals surface area contributed by atoms with E-state index in [4.69, 9.17) is 4.98 Å². The lowest BCUT2D eigenvalue weighted by atomic mass is 9.78. The van der Waals surface area contributed by atoms with Crippen LogP contribution in [0.3, 0.4) is 0 Å². The molecule has 1 atom stereocenters. The second-order valence-corrected chi connectivity index (χ2v) is 11.5. The molecular weight excluding hydrogens is 402 g/mol. The molecule has 5 nitrogen and oxygen atoms in total. The predicted molar refractivity (Wildman–Crippen MR) is 115 cm³/mol. The van der Waals surface area contributed by atoms with Crippen molar-refractivity contribution in [1.29, 1.82) is 0 Å². The van der Waals surface area contributed by atoms with Crippen LogP contribution in [0.1, 0.15) is 35.4 Å². The topological polar surface area (TPSA) is 63.2 Å². The van der Waals surface area contributed by atoms with Crippen molar-refractivity contribution in [2.45, 2.75) is 42.2 Å². The third-order valence-corrected chi connectivity index (χ3v) is 9.44. The van der Waals surface area contributed by atoms with E-state index < -0.39 is 10.0 Å².